The molecule has 1 aromatic heterocycles. The van der Waals surface area contributed by atoms with Crippen molar-refractivity contribution < 1.29 is 14.7 Å². The van der Waals surface area contributed by atoms with Crippen LogP contribution in [0.2, 0.25) is 0 Å². The second-order valence-electron chi connectivity index (χ2n) is 7.38. The van der Waals surface area contributed by atoms with Crippen molar-refractivity contribution in [3.05, 3.63) is 42.1 Å². The number of nitrogens with one attached hydrogen (secondary N) is 1. The molecule has 0 spiro atoms. The van der Waals surface area contributed by atoms with Crippen LogP contribution in [0, 0.1) is 12.8 Å². The number of carbonyl (C=O) groups is 2. The van der Waals surface area contributed by atoms with Crippen LogP contribution in [0.15, 0.2) is 36.5 Å². The number of aliphatic carboxylic acids is 1. The maximum absolute atomic E-state index is 11.9. The highest BCUT2D eigenvalue weighted by Gasteiger charge is 2.31. The predicted molar refractivity (Wildman–Crippen MR) is 104 cm³/mol. The van der Waals surface area contributed by atoms with Gasteiger partial charge in [-0.3, -0.25) is 4.79 Å². The standard InChI is InChI=1S/C21H23N3O3/c1-13-11-15(6-7-17(13)24-10-2-3-18(24)21(26)27)16-8-9-22-19(12-16)23-20(25)14-4-5-14/h6-9,11-12,14,18H,2-5,10H2,1H3,(H,26,27)(H,22,23,25)/t18-/m0/s1. The first kappa shape index (κ1) is 17.5. The number of anilines is 2. The van der Waals surface area contributed by atoms with E-state index in [1.165, 1.54) is 0 Å². The van der Waals surface area contributed by atoms with Crippen molar-refractivity contribution >= 4 is 23.4 Å². The zero-order valence-corrected chi connectivity index (χ0v) is 15.3. The van der Waals surface area contributed by atoms with Gasteiger partial charge in [0, 0.05) is 24.3 Å². The summed E-state index contributed by atoms with van der Waals surface area (Å²) in [5, 5.41) is 12.3. The maximum Gasteiger partial charge on any atom is 0.326 e. The molecule has 2 aliphatic rings. The van der Waals surface area contributed by atoms with E-state index >= 15 is 0 Å². The molecule has 2 fully saturated rings. The Morgan fingerprint density at radius 1 is 1.15 bits per heavy atom. The number of nitrogens with zero attached hydrogens (tertiary/aromatic N) is 2. The van der Waals surface area contributed by atoms with Gasteiger partial charge in [-0.25, -0.2) is 9.78 Å². The van der Waals surface area contributed by atoms with E-state index in [9.17, 15) is 14.7 Å². The second kappa shape index (κ2) is 7.02. The molecule has 4 rings (SSSR count). The highest BCUT2D eigenvalue weighted by molar-refractivity contribution is 5.93. The van der Waals surface area contributed by atoms with E-state index in [1.807, 2.05) is 36.1 Å². The number of pyridine rings is 1. The summed E-state index contributed by atoms with van der Waals surface area (Å²) in [4.78, 5) is 29.7. The second-order valence-corrected chi connectivity index (χ2v) is 7.38. The van der Waals surface area contributed by atoms with E-state index in [-0.39, 0.29) is 11.8 Å². The van der Waals surface area contributed by atoms with Crippen molar-refractivity contribution in [2.45, 2.75) is 38.6 Å². The van der Waals surface area contributed by atoms with Crippen LogP contribution >= 0.6 is 0 Å². The molecule has 6 heteroatoms. The van der Waals surface area contributed by atoms with E-state index in [2.05, 4.69) is 16.4 Å². The lowest BCUT2D eigenvalue weighted by molar-refractivity contribution is -0.138. The first-order valence-corrected chi connectivity index (χ1v) is 9.40. The zero-order valence-electron chi connectivity index (χ0n) is 15.3. The SMILES string of the molecule is Cc1cc(-c2ccnc(NC(=O)C3CC3)c2)ccc1N1CCC[C@H]1C(=O)O. The Bertz CT molecular complexity index is 892. The van der Waals surface area contributed by atoms with Crippen LogP contribution < -0.4 is 10.2 Å². The number of carboxylic acid groups (broad SMARTS) is 1. The lowest BCUT2D eigenvalue weighted by atomic mass is 10.0. The topological polar surface area (TPSA) is 82.5 Å². The number of hydrogen-bond donors (Lipinski definition) is 2. The number of carboxylic acids is 1. The van der Waals surface area contributed by atoms with Crippen molar-refractivity contribution in [3.8, 4) is 11.1 Å². The summed E-state index contributed by atoms with van der Waals surface area (Å²) in [5.74, 6) is -0.0164. The molecule has 1 saturated carbocycles. The predicted octanol–water partition coefficient (Wildman–Crippen LogP) is 3.46. The van der Waals surface area contributed by atoms with Crippen LogP contribution in [0.25, 0.3) is 11.1 Å². The number of carbonyl (C=O) groups excluding carboxylic acids is 1. The van der Waals surface area contributed by atoms with Gasteiger partial charge in [-0.15, -0.1) is 0 Å². The minimum Gasteiger partial charge on any atom is -0.480 e. The highest BCUT2D eigenvalue weighted by atomic mass is 16.4. The van der Waals surface area contributed by atoms with Gasteiger partial charge >= 0.3 is 5.97 Å². The summed E-state index contributed by atoms with van der Waals surface area (Å²) < 4.78 is 0. The first-order chi connectivity index (χ1) is 13.0. The molecule has 0 unspecified atom stereocenters. The van der Waals surface area contributed by atoms with Gasteiger partial charge in [0.1, 0.15) is 11.9 Å². The normalized spacial score (nSPS) is 19.1. The fourth-order valence-electron chi connectivity index (χ4n) is 3.72. The number of aromatic nitrogens is 1. The van der Waals surface area contributed by atoms with E-state index in [4.69, 9.17) is 0 Å². The fraction of sp³-hybridized carbons (Fsp3) is 0.381. The van der Waals surface area contributed by atoms with Gasteiger partial charge in [0.05, 0.1) is 0 Å². The van der Waals surface area contributed by atoms with Crippen LogP contribution in [0.1, 0.15) is 31.2 Å². The Labute approximate surface area is 158 Å². The molecule has 2 aromatic rings. The zero-order chi connectivity index (χ0) is 19.0. The first-order valence-electron chi connectivity index (χ1n) is 9.40. The summed E-state index contributed by atoms with van der Waals surface area (Å²) in [5.41, 5.74) is 4.01. The Morgan fingerprint density at radius 3 is 2.63 bits per heavy atom. The van der Waals surface area contributed by atoms with E-state index in [1.54, 1.807) is 6.20 Å². The van der Waals surface area contributed by atoms with Crippen LogP contribution in [0.3, 0.4) is 0 Å². The van der Waals surface area contributed by atoms with Gasteiger partial charge in [0.15, 0.2) is 0 Å². The number of hydrogen-bond acceptors (Lipinski definition) is 4. The molecule has 1 aromatic carbocycles. The van der Waals surface area contributed by atoms with Gasteiger partial charge in [-0.1, -0.05) is 6.07 Å². The van der Waals surface area contributed by atoms with Crippen LogP contribution in [0.4, 0.5) is 11.5 Å². The van der Waals surface area contributed by atoms with Crippen LogP contribution in [-0.2, 0) is 9.59 Å². The van der Waals surface area contributed by atoms with Crippen molar-refractivity contribution in [1.29, 1.82) is 0 Å². The number of rotatable bonds is 5. The molecule has 0 bridgehead atoms. The van der Waals surface area contributed by atoms with Crippen molar-refractivity contribution in [3.63, 3.8) is 0 Å². The van der Waals surface area contributed by atoms with E-state index in [0.717, 1.165) is 48.2 Å². The Hall–Kier alpha value is -2.89. The monoisotopic (exact) mass is 365 g/mol. The molecule has 1 amide bonds. The number of aryl methyl sites for hydroxylation is 1. The third-order valence-electron chi connectivity index (χ3n) is 5.34. The Kier molecular flexibility index (Phi) is 4.56. The third kappa shape index (κ3) is 3.65. The summed E-state index contributed by atoms with van der Waals surface area (Å²) in [7, 11) is 0. The van der Waals surface area contributed by atoms with Crippen LogP contribution in [-0.4, -0.2) is 34.6 Å². The summed E-state index contributed by atoms with van der Waals surface area (Å²) in [6.07, 6.45) is 5.19. The molecular weight excluding hydrogens is 342 g/mol. The largest absolute Gasteiger partial charge is 0.480 e. The molecule has 6 nitrogen and oxygen atoms in total. The lowest BCUT2D eigenvalue weighted by Gasteiger charge is -2.25. The third-order valence-corrected chi connectivity index (χ3v) is 5.34. The minimum atomic E-state index is -0.763. The van der Waals surface area contributed by atoms with Crippen molar-refractivity contribution in [2.24, 2.45) is 5.92 Å². The molecule has 2 N–H and O–H groups in total. The smallest absolute Gasteiger partial charge is 0.326 e. The number of benzene rings is 1. The highest BCUT2D eigenvalue weighted by Crippen LogP contribution is 2.33. The minimum absolute atomic E-state index is 0.0416. The molecule has 1 aliphatic carbocycles. The van der Waals surface area contributed by atoms with Crippen LogP contribution in [0.5, 0.6) is 0 Å². The fourth-order valence-corrected chi connectivity index (χ4v) is 3.72. The molecule has 1 saturated heterocycles. The lowest BCUT2D eigenvalue weighted by Crippen LogP contribution is -2.36. The summed E-state index contributed by atoms with van der Waals surface area (Å²) in [6.45, 7) is 2.77. The van der Waals surface area contributed by atoms with Gasteiger partial charge in [-0.05, 0) is 73.6 Å². The van der Waals surface area contributed by atoms with Gasteiger partial charge in [-0.2, -0.15) is 0 Å². The summed E-state index contributed by atoms with van der Waals surface area (Å²) in [6, 6.07) is 9.41. The number of amides is 1. The molecule has 27 heavy (non-hydrogen) atoms. The van der Waals surface area contributed by atoms with Crippen molar-refractivity contribution in [1.82, 2.24) is 4.98 Å². The van der Waals surface area contributed by atoms with Gasteiger partial charge in [0.2, 0.25) is 5.91 Å². The molecule has 1 aliphatic heterocycles. The molecule has 1 atom stereocenters. The average molecular weight is 365 g/mol. The molecule has 140 valence electrons. The van der Waals surface area contributed by atoms with Gasteiger partial charge < -0.3 is 15.3 Å². The maximum atomic E-state index is 11.9. The summed E-state index contributed by atoms with van der Waals surface area (Å²) >= 11 is 0. The Morgan fingerprint density at radius 2 is 1.93 bits per heavy atom. The molecular formula is C21H23N3O3. The van der Waals surface area contributed by atoms with E-state index < -0.39 is 12.0 Å². The molecule has 0 radical (unpaired) electrons. The van der Waals surface area contributed by atoms with Crippen molar-refractivity contribution in [2.75, 3.05) is 16.8 Å². The molecule has 2 heterocycles. The van der Waals surface area contributed by atoms with E-state index in [0.29, 0.717) is 12.2 Å². The quantitative estimate of drug-likeness (QED) is 0.848. The average Bonchev–Trinajstić information content (AvgIpc) is 3.39. The Balaban J connectivity index is 1.57. The van der Waals surface area contributed by atoms with Gasteiger partial charge in [0.25, 0.3) is 0 Å².